The molecule has 3 heterocycles. The lowest BCUT2D eigenvalue weighted by molar-refractivity contribution is -0.556. The first-order valence-corrected chi connectivity index (χ1v) is 21.1. The standard InChI is InChI=1S/C39H49Cl2N7O7S/c1-22(2)54-31-19-30(25-12-13-26(40)32(41)33(25)45-31)55-24-18-29-35(50)46-39(37(52)47-56(53)38(3)15-16-38)20-23(39)10-8-6-5-7-9-11-28(36(51)48(29)21-24)44-34(49)27(42)14-17-43-4/h8,10,12-14,17,19,22-24,28-29,42-43H,5-7,9,11,15-16,18,20-21H2,1-4H3,(H,44,49)(H,46,50)(H,47,52)/p+1/b10-8-,17-14-,42-27?/t23?,24-,28+,29+,39-,56?/m1/s1. The molecule has 0 radical (unpaired) electrons. The topological polar surface area (TPSA) is 196 Å². The number of aromatic nitrogens is 1. The molecule has 1 saturated heterocycles. The fraction of sp³-hybridized carbons (Fsp3) is 0.538. The van der Waals surface area contributed by atoms with Crippen LogP contribution in [-0.4, -0.2) is 91.6 Å². The number of hydrogen-bond acceptors (Lipinski definition) is 9. The van der Waals surface area contributed by atoms with Crippen molar-refractivity contribution in [2.45, 2.75) is 113 Å². The highest BCUT2D eigenvalue weighted by molar-refractivity contribution is 7.85. The molecule has 0 bridgehead atoms. The summed E-state index contributed by atoms with van der Waals surface area (Å²) >= 11 is 12.9. The molecule has 2 saturated carbocycles. The number of nitrogens with one attached hydrogen (secondary N) is 4. The Morgan fingerprint density at radius 3 is 2.68 bits per heavy atom. The van der Waals surface area contributed by atoms with Gasteiger partial charge in [0.2, 0.25) is 17.7 Å². The molecule has 6 atom stereocenters. The number of hydrogen-bond donors (Lipinski definition) is 5. The van der Waals surface area contributed by atoms with Crippen molar-refractivity contribution in [1.82, 2.24) is 25.2 Å². The second-order valence-corrected chi connectivity index (χ2v) is 18.0. The van der Waals surface area contributed by atoms with Crippen molar-refractivity contribution in [1.29, 1.82) is 5.41 Å². The zero-order chi connectivity index (χ0) is 40.4. The van der Waals surface area contributed by atoms with E-state index >= 15 is 0 Å². The van der Waals surface area contributed by atoms with Crippen LogP contribution in [0.2, 0.25) is 10.0 Å². The van der Waals surface area contributed by atoms with Crippen LogP contribution in [0.25, 0.3) is 10.9 Å². The summed E-state index contributed by atoms with van der Waals surface area (Å²) in [5.41, 5.74) is -1.32. The fourth-order valence-electron chi connectivity index (χ4n) is 7.09. The van der Waals surface area contributed by atoms with Gasteiger partial charge in [-0.15, -0.1) is 0 Å². The van der Waals surface area contributed by atoms with Crippen LogP contribution >= 0.6 is 23.2 Å². The van der Waals surface area contributed by atoms with Crippen LogP contribution in [0.4, 0.5) is 0 Å². The van der Waals surface area contributed by atoms with Gasteiger partial charge in [-0.2, -0.15) is 0 Å². The lowest BCUT2D eigenvalue weighted by atomic mass is 10.0. The summed E-state index contributed by atoms with van der Waals surface area (Å²) in [6, 6.07) is 2.82. The van der Waals surface area contributed by atoms with Crippen LogP contribution in [0.3, 0.4) is 0 Å². The van der Waals surface area contributed by atoms with Crippen LogP contribution < -0.4 is 30.1 Å². The molecule has 3 fully saturated rings. The van der Waals surface area contributed by atoms with Gasteiger partial charge in [-0.25, -0.2) is 9.19 Å². The highest BCUT2D eigenvalue weighted by Gasteiger charge is 2.62. The number of allylic oxidation sites excluding steroid dienone is 1. The van der Waals surface area contributed by atoms with E-state index in [0.717, 1.165) is 32.1 Å². The minimum absolute atomic E-state index is 0.0385. The number of ether oxygens (including phenoxy) is 2. The molecule has 6 N–H and O–H groups in total. The zero-order valence-electron chi connectivity index (χ0n) is 32.0. The van der Waals surface area contributed by atoms with Gasteiger partial charge in [0.1, 0.15) is 46.2 Å². The molecule has 2 aliphatic heterocycles. The summed E-state index contributed by atoms with van der Waals surface area (Å²) in [5, 5.41) is 16.7. The van der Waals surface area contributed by atoms with E-state index in [-0.39, 0.29) is 48.0 Å². The van der Waals surface area contributed by atoms with Gasteiger partial charge >= 0.3 is 0 Å². The summed E-state index contributed by atoms with van der Waals surface area (Å²) in [7, 11) is 0.129. The van der Waals surface area contributed by atoms with E-state index in [2.05, 4.69) is 20.3 Å². The third kappa shape index (κ3) is 9.22. The molecule has 0 spiro atoms. The number of halogens is 2. The Morgan fingerprint density at radius 1 is 1.20 bits per heavy atom. The molecule has 4 amide bonds. The van der Waals surface area contributed by atoms with E-state index < -0.39 is 63.1 Å². The number of carbonyl (C=O) groups is 4. The van der Waals surface area contributed by atoms with Gasteiger partial charge in [-0.3, -0.25) is 29.3 Å². The molecule has 2 aliphatic carbocycles. The Hall–Kier alpha value is -4.05. The highest BCUT2D eigenvalue weighted by Crippen LogP contribution is 2.47. The average Bonchev–Trinajstić information content (AvgIpc) is 4.03. The number of fused-ring (bicyclic) bond motifs is 3. The fourth-order valence-corrected chi connectivity index (χ4v) is 8.52. The quantitative estimate of drug-likeness (QED) is 0.167. The highest BCUT2D eigenvalue weighted by atomic mass is 35.5. The number of benzene rings is 1. The largest absolute Gasteiger partial charge is 0.488 e. The minimum atomic E-state index is -1.63. The molecule has 2 unspecified atom stereocenters. The van der Waals surface area contributed by atoms with Crippen LogP contribution in [0.1, 0.15) is 78.6 Å². The first kappa shape index (κ1) is 41.6. The summed E-state index contributed by atoms with van der Waals surface area (Å²) in [6.07, 6.45) is 10.8. The predicted octanol–water partition coefficient (Wildman–Crippen LogP) is 3.62. The number of pyridine rings is 1. The van der Waals surface area contributed by atoms with E-state index in [9.17, 15) is 23.4 Å². The van der Waals surface area contributed by atoms with Gasteiger partial charge in [0.25, 0.3) is 11.8 Å². The maximum Gasteiger partial charge on any atom is 0.270 e. The lowest BCUT2D eigenvalue weighted by Gasteiger charge is -2.30. The number of amides is 4. The Labute approximate surface area is 339 Å². The van der Waals surface area contributed by atoms with Crippen LogP contribution in [0.15, 0.2) is 42.6 Å². The van der Waals surface area contributed by atoms with Crippen molar-refractivity contribution in [3.63, 3.8) is 0 Å². The lowest BCUT2D eigenvalue weighted by Crippen LogP contribution is -2.72. The van der Waals surface area contributed by atoms with Crippen molar-refractivity contribution >= 4 is 74.4 Å². The van der Waals surface area contributed by atoms with Crippen molar-refractivity contribution in [3.8, 4) is 11.6 Å². The molecule has 14 nitrogen and oxygen atoms in total. The second-order valence-electron chi connectivity index (χ2n) is 15.5. The third-order valence-electron chi connectivity index (χ3n) is 10.7. The number of carbonyl (C=O) groups excluding carboxylic acids is 4. The average molecular weight is 832 g/mol. The van der Waals surface area contributed by atoms with Gasteiger partial charge in [0, 0.05) is 29.9 Å². The van der Waals surface area contributed by atoms with Gasteiger partial charge in [0.15, 0.2) is 0 Å². The van der Waals surface area contributed by atoms with Crippen LogP contribution in [-0.2, 0) is 30.2 Å². The molecule has 56 heavy (non-hydrogen) atoms. The molecule has 17 heteroatoms. The van der Waals surface area contributed by atoms with Crippen molar-refractivity contribution in [2.24, 2.45) is 5.92 Å². The van der Waals surface area contributed by atoms with Gasteiger partial charge < -0.3 is 30.3 Å². The first-order valence-electron chi connectivity index (χ1n) is 19.2. The van der Waals surface area contributed by atoms with Gasteiger partial charge in [-0.05, 0) is 71.4 Å². The number of nitrogens with zero attached hydrogens (tertiary/aromatic N) is 2. The van der Waals surface area contributed by atoms with Crippen LogP contribution in [0.5, 0.6) is 11.6 Å². The van der Waals surface area contributed by atoms with Crippen LogP contribution in [0, 0.1) is 11.3 Å². The van der Waals surface area contributed by atoms with Crippen molar-refractivity contribution in [2.75, 3.05) is 13.6 Å². The normalized spacial score (nSPS) is 27.3. The Morgan fingerprint density at radius 2 is 1.96 bits per heavy atom. The number of nitrogens with two attached hydrogens (primary N) is 1. The van der Waals surface area contributed by atoms with E-state index in [0.29, 0.717) is 34.5 Å². The molecule has 1 aromatic carbocycles. The first-order chi connectivity index (χ1) is 26.7. The summed E-state index contributed by atoms with van der Waals surface area (Å²) in [5.74, 6) is -2.08. The molecule has 302 valence electrons. The molecule has 6 rings (SSSR count). The molecule has 4 aliphatic rings. The maximum absolute atomic E-state index is 14.6. The third-order valence-corrected chi connectivity index (χ3v) is 13.2. The van der Waals surface area contributed by atoms with E-state index in [1.165, 1.54) is 11.0 Å². The molecule has 2 aromatic rings. The molecular weight excluding hydrogens is 781 g/mol. The minimum Gasteiger partial charge on any atom is -0.488 e. The predicted molar refractivity (Wildman–Crippen MR) is 214 cm³/mol. The Kier molecular flexibility index (Phi) is 12.8. The SMILES string of the molecule is C[NH2+]/C=C\C(=N)C(=O)N[C@H]1CCCCC/C=C\C2C[C@@]2(C(=O)NS(=O)C2(C)CC2)NC(=O)[C@@H]2C[C@@H](Oc3cc(OC(C)C)nc4c(Cl)c(Cl)ccc34)CN2C1=O. The summed E-state index contributed by atoms with van der Waals surface area (Å²) in [6.45, 7) is 5.52. The van der Waals surface area contributed by atoms with E-state index in [1.54, 1.807) is 36.8 Å². The summed E-state index contributed by atoms with van der Waals surface area (Å²) < 4.78 is 27.8. The Bertz CT molecular complexity index is 1990. The Balaban J connectivity index is 1.34. The second kappa shape index (κ2) is 17.2. The maximum atomic E-state index is 14.6. The monoisotopic (exact) mass is 830 g/mol. The van der Waals surface area contributed by atoms with E-state index in [4.69, 9.17) is 38.1 Å². The van der Waals surface area contributed by atoms with Crippen molar-refractivity contribution in [3.05, 3.63) is 52.7 Å². The zero-order valence-corrected chi connectivity index (χ0v) is 34.3. The van der Waals surface area contributed by atoms with Gasteiger partial charge in [0.05, 0.1) is 46.2 Å². The smallest absolute Gasteiger partial charge is 0.270 e. The number of rotatable bonds is 11. The van der Waals surface area contributed by atoms with Crippen molar-refractivity contribution < 1.29 is 38.2 Å². The van der Waals surface area contributed by atoms with Gasteiger partial charge in [-0.1, -0.05) is 48.2 Å². The van der Waals surface area contributed by atoms with E-state index in [1.807, 2.05) is 32.9 Å². The molecular formula is C39H50Cl2N7O7S+. The summed E-state index contributed by atoms with van der Waals surface area (Å²) in [4.78, 5) is 62.1. The number of quaternary nitrogens is 1. The molecule has 1 aromatic heterocycles.